The zero-order valence-electron chi connectivity index (χ0n) is 28.7. The summed E-state index contributed by atoms with van der Waals surface area (Å²) in [6.45, 7) is -9.61. The normalized spacial score (nSPS) is 27.7. The molecule has 11 N–H and O–H groups in total. The lowest BCUT2D eigenvalue weighted by molar-refractivity contribution is -0.746. The second-order valence-electron chi connectivity index (χ2n) is 12.4. The average Bonchev–Trinajstić information content (AvgIpc) is 3.83. The van der Waals surface area contributed by atoms with Crippen LogP contribution in [0.2, 0.25) is 0 Å². The molecule has 5 unspecified atom stereocenters. The van der Waals surface area contributed by atoms with Crippen LogP contribution in [0.3, 0.4) is 0 Å². The van der Waals surface area contributed by atoms with E-state index in [0.717, 1.165) is 4.57 Å². The van der Waals surface area contributed by atoms with Gasteiger partial charge in [0.25, 0.3) is 38.7 Å². The van der Waals surface area contributed by atoms with E-state index in [1.54, 1.807) is 0 Å². The minimum atomic E-state index is -5.45. The fraction of sp³-hybridized carbons (Fsp3) is 0.600. The number of hydrogen-bond donors (Lipinski definition) is 9. The number of rotatable bonds is 16. The molecule has 29 nitrogen and oxygen atoms in total. The molecule has 4 aromatic heterocycles. The standard InChI is InChI=1S/C24H35N10O19P3S.CH4/c1-32-7-34(18-12(32)20(40)31-24(26)29-18)22-16(38)14(36)10(52-22)5-50-55(43,44)48-3-8(53-56(45,46)57)2-47-54(41,42)49-4-9-13(35)15(37)21(51-9)33-6-27-11-17(33)28-23(25)30-19(11)39;/h6-10,13-16,21-22,35-38H,2-5H2,1H3,(H9-,25,26,28,29,30,31,39,40,41,42,43,44,45,46,57);1H4/p-2/t8?,9?,10?,13-,14-,15-,16-,21-,22-;/m1./s1. The van der Waals surface area contributed by atoms with Crippen LogP contribution in [0.1, 0.15) is 19.9 Å². The van der Waals surface area contributed by atoms with Gasteiger partial charge in [-0.2, -0.15) is 0 Å². The van der Waals surface area contributed by atoms with Crippen molar-refractivity contribution in [3.8, 4) is 0 Å². The number of phosphoric acid groups is 2. The van der Waals surface area contributed by atoms with Gasteiger partial charge >= 0.3 is 11.3 Å². The molecule has 6 rings (SSSR count). The van der Waals surface area contributed by atoms with Crippen LogP contribution in [0.5, 0.6) is 0 Å². The van der Waals surface area contributed by atoms with Crippen molar-refractivity contribution in [3.63, 3.8) is 0 Å². The highest BCUT2D eigenvalue weighted by atomic mass is 32.5. The van der Waals surface area contributed by atoms with Gasteiger partial charge in [-0.15, -0.1) is 11.8 Å². The molecule has 0 spiro atoms. The van der Waals surface area contributed by atoms with E-state index in [0.29, 0.717) is 0 Å². The highest BCUT2D eigenvalue weighted by Crippen LogP contribution is 2.43. The molecule has 0 aromatic carbocycles. The van der Waals surface area contributed by atoms with E-state index in [2.05, 4.69) is 50.3 Å². The molecule has 58 heavy (non-hydrogen) atoms. The number of nitrogens with zero attached hydrogens (tertiary/aromatic N) is 5. The largest absolute Gasteiger partial charge is 0.812 e. The molecule has 0 amide bonds. The number of imidazole rings is 2. The van der Waals surface area contributed by atoms with Crippen LogP contribution in [0.15, 0.2) is 22.2 Å². The molecule has 2 aliphatic heterocycles. The SMILES string of the molecule is C.Cn1c[n+]([C@@H]2OC(COP(=O)([O-])OCC(COP(=O)([O-])OCC3O[C@@H]([n+]4c[nH]c5c(=O)[nH]c(N)nc54)[C@H](O)[C@@H]3O)OP([O-])([O-])=S)[C@@H](O)[C@H]2O)c2nc(N)[nH]c(=O)c21. The van der Waals surface area contributed by atoms with E-state index in [1.165, 1.54) is 28.8 Å². The van der Waals surface area contributed by atoms with Gasteiger partial charge in [0.2, 0.25) is 23.5 Å². The Morgan fingerprint density at radius 1 is 0.845 bits per heavy atom. The van der Waals surface area contributed by atoms with E-state index >= 15 is 0 Å². The number of aryl methyl sites for hydroxylation is 1. The number of aromatic nitrogens is 8. The van der Waals surface area contributed by atoms with Crippen molar-refractivity contribution in [3.05, 3.63) is 33.4 Å². The average molecular weight is 907 g/mol. The molecule has 4 aromatic rings. The zero-order chi connectivity index (χ0) is 41.8. The summed E-state index contributed by atoms with van der Waals surface area (Å²) in [7, 11) is -9.43. The zero-order valence-corrected chi connectivity index (χ0v) is 32.2. The number of ether oxygens (including phenoxy) is 2. The predicted molar refractivity (Wildman–Crippen MR) is 184 cm³/mol. The third-order valence-electron chi connectivity index (χ3n) is 8.43. The van der Waals surface area contributed by atoms with Gasteiger partial charge in [-0.1, -0.05) is 24.1 Å². The first-order chi connectivity index (χ1) is 26.5. The molecule has 324 valence electrons. The molecule has 0 saturated carbocycles. The summed E-state index contributed by atoms with van der Waals surface area (Å²) in [5.41, 5.74) is 9.75. The van der Waals surface area contributed by atoms with Crippen molar-refractivity contribution in [2.45, 2.75) is 62.6 Å². The first-order valence-corrected chi connectivity index (χ1v) is 21.5. The Labute approximate surface area is 328 Å². The minimum Gasteiger partial charge on any atom is -0.812 e. The van der Waals surface area contributed by atoms with Crippen LogP contribution in [0.4, 0.5) is 11.9 Å². The monoisotopic (exact) mass is 906 g/mol. The Kier molecular flexibility index (Phi) is 13.8. The maximum atomic E-state index is 12.6. The number of aliphatic hydroxyl groups is 4. The molecule has 2 fully saturated rings. The quantitative estimate of drug-likeness (QED) is 0.0372. The summed E-state index contributed by atoms with van der Waals surface area (Å²) < 4.78 is 63.1. The Morgan fingerprint density at radius 2 is 1.33 bits per heavy atom. The number of phosphoric ester groups is 2. The number of anilines is 2. The third-order valence-corrected chi connectivity index (χ3v) is 11.1. The van der Waals surface area contributed by atoms with Crippen LogP contribution >= 0.6 is 22.4 Å². The van der Waals surface area contributed by atoms with Crippen molar-refractivity contribution >= 4 is 68.4 Å². The molecule has 33 heteroatoms. The Hall–Kier alpha value is -3.19. The highest BCUT2D eigenvalue weighted by molar-refractivity contribution is 8.05. The summed E-state index contributed by atoms with van der Waals surface area (Å²) in [6, 6.07) is 0. The molecule has 2 saturated heterocycles. The van der Waals surface area contributed by atoms with Gasteiger partial charge in [0.15, 0.2) is 12.7 Å². The van der Waals surface area contributed by atoms with E-state index in [9.17, 15) is 58.7 Å². The van der Waals surface area contributed by atoms with Crippen LogP contribution in [0.25, 0.3) is 22.3 Å². The topological polar surface area (TPSA) is 444 Å². The molecule has 11 atom stereocenters. The van der Waals surface area contributed by atoms with Crippen LogP contribution in [0, 0.1) is 0 Å². The fourth-order valence-corrected chi connectivity index (χ4v) is 8.24. The predicted octanol–water partition coefficient (Wildman–Crippen LogP) is -7.53. The van der Waals surface area contributed by atoms with Crippen molar-refractivity contribution in [2.24, 2.45) is 7.05 Å². The number of nitrogens with one attached hydrogen (secondary N) is 3. The minimum absolute atomic E-state index is 0. The summed E-state index contributed by atoms with van der Waals surface area (Å²) in [5.74, 6) is -0.551. The van der Waals surface area contributed by atoms with Crippen molar-refractivity contribution < 1.29 is 90.4 Å². The number of hydrogen-bond acceptors (Lipinski definition) is 24. The number of nitrogens with two attached hydrogens (primary N) is 2. The van der Waals surface area contributed by atoms with Gasteiger partial charge in [0.1, 0.15) is 42.7 Å². The summed E-state index contributed by atoms with van der Waals surface area (Å²) in [4.78, 5) is 88.1. The second kappa shape index (κ2) is 17.4. The lowest BCUT2D eigenvalue weighted by Gasteiger charge is -2.39. The van der Waals surface area contributed by atoms with Crippen molar-refractivity contribution in [2.75, 3.05) is 37.9 Å². The maximum Gasteiger partial charge on any atom is 0.313 e. The summed E-state index contributed by atoms with van der Waals surface area (Å²) in [6.07, 6.45) is -12.4. The molecule has 0 aliphatic carbocycles. The Bertz CT molecular complexity index is 2390. The van der Waals surface area contributed by atoms with Gasteiger partial charge in [0.05, 0.1) is 33.5 Å². The number of aliphatic hydroxyl groups excluding tert-OH is 4. The van der Waals surface area contributed by atoms with Crippen LogP contribution in [-0.4, -0.2) is 119 Å². The first kappa shape index (κ1) is 45.9. The van der Waals surface area contributed by atoms with E-state index in [-0.39, 0.29) is 41.7 Å². The molecule has 0 radical (unpaired) electrons. The van der Waals surface area contributed by atoms with E-state index < -0.39 is 115 Å². The van der Waals surface area contributed by atoms with Crippen LogP contribution < -0.4 is 51.3 Å². The molecular weight excluding hydrogens is 869 g/mol. The molecule has 2 aliphatic rings. The van der Waals surface area contributed by atoms with Gasteiger partial charge in [-0.3, -0.25) is 38.2 Å². The lowest BCUT2D eigenvalue weighted by atomic mass is 10.1. The van der Waals surface area contributed by atoms with Gasteiger partial charge in [-0.25, -0.2) is 9.13 Å². The highest BCUT2D eigenvalue weighted by Gasteiger charge is 2.48. The molecule has 0 bridgehead atoms. The molecule has 6 heterocycles. The number of aromatic amines is 3. The number of fused-ring (bicyclic) bond motifs is 2. The first-order valence-electron chi connectivity index (χ1n) is 16.0. The number of H-pyrrole nitrogens is 3. The maximum absolute atomic E-state index is 12.6. The summed E-state index contributed by atoms with van der Waals surface area (Å²) in [5, 5.41) is 42.3. The third kappa shape index (κ3) is 10.0. The number of nitrogen functional groups attached to an aromatic ring is 2. The summed E-state index contributed by atoms with van der Waals surface area (Å²) >= 11 is 4.16. The Balaban J connectivity index is 0.00000641. The second-order valence-corrected chi connectivity index (χ2v) is 17.7. The Morgan fingerprint density at radius 3 is 1.84 bits per heavy atom. The van der Waals surface area contributed by atoms with Crippen LogP contribution in [-0.2, 0) is 60.1 Å². The van der Waals surface area contributed by atoms with Crippen molar-refractivity contribution in [1.29, 1.82) is 0 Å². The smallest absolute Gasteiger partial charge is 0.313 e. The van der Waals surface area contributed by atoms with Gasteiger partial charge < -0.3 is 83.6 Å². The fourth-order valence-electron chi connectivity index (χ4n) is 5.88. The van der Waals surface area contributed by atoms with Gasteiger partial charge in [-0.05, 0) is 0 Å². The van der Waals surface area contributed by atoms with Gasteiger partial charge in [0, 0.05) is 0 Å². The van der Waals surface area contributed by atoms with E-state index in [4.69, 9.17) is 30.0 Å². The van der Waals surface area contributed by atoms with E-state index in [1.807, 2.05) is 0 Å². The lowest BCUT2D eigenvalue weighted by Crippen LogP contribution is -2.46. The molecular formula is C25H37N10O19P3S-2. The van der Waals surface area contributed by atoms with Crippen molar-refractivity contribution in [1.82, 2.24) is 29.5 Å².